The molecule has 0 radical (unpaired) electrons. The quantitative estimate of drug-likeness (QED) is 0.547. The van der Waals surface area contributed by atoms with E-state index in [0.717, 1.165) is 17.8 Å². The van der Waals surface area contributed by atoms with Crippen molar-refractivity contribution in [1.29, 1.82) is 0 Å². The van der Waals surface area contributed by atoms with Crippen LogP contribution in [0.25, 0.3) is 0 Å². The summed E-state index contributed by atoms with van der Waals surface area (Å²) in [5.41, 5.74) is 1.80. The first-order chi connectivity index (χ1) is 9.36. The molecule has 0 aromatic rings. The standard InChI is InChI=1S/C19H32/c1-3-16-15-17(4-2)19-14-12-10-8-6-5-7-9-11-13-18(16)19/h9,11,13,16-17,19H,3-8,10,12,14-15H2,1-2H3/b11-9-,18-13-. The molecular weight excluding hydrogens is 228 g/mol. The van der Waals surface area contributed by atoms with Crippen LogP contribution in [0.4, 0.5) is 0 Å². The van der Waals surface area contributed by atoms with Gasteiger partial charge in [0.05, 0.1) is 0 Å². The average Bonchev–Trinajstić information content (AvgIpc) is 2.76. The smallest absolute Gasteiger partial charge is 0.0169 e. The maximum atomic E-state index is 2.50. The van der Waals surface area contributed by atoms with Crippen LogP contribution >= 0.6 is 0 Å². The van der Waals surface area contributed by atoms with E-state index in [9.17, 15) is 0 Å². The third-order valence-corrected chi connectivity index (χ3v) is 5.38. The van der Waals surface area contributed by atoms with Crippen LogP contribution in [0.15, 0.2) is 23.8 Å². The Hall–Kier alpha value is -0.520. The molecule has 2 rings (SSSR count). The summed E-state index contributed by atoms with van der Waals surface area (Å²) in [6, 6.07) is 0. The van der Waals surface area contributed by atoms with Gasteiger partial charge in [0, 0.05) is 0 Å². The third-order valence-electron chi connectivity index (χ3n) is 5.38. The minimum atomic E-state index is 0.877. The van der Waals surface area contributed by atoms with E-state index in [2.05, 4.69) is 32.1 Å². The van der Waals surface area contributed by atoms with Gasteiger partial charge in [0.1, 0.15) is 0 Å². The highest BCUT2D eigenvalue weighted by atomic mass is 14.4. The van der Waals surface area contributed by atoms with Crippen molar-refractivity contribution in [3.05, 3.63) is 23.8 Å². The summed E-state index contributed by atoms with van der Waals surface area (Å²) in [4.78, 5) is 0. The molecule has 3 unspecified atom stereocenters. The zero-order chi connectivity index (χ0) is 13.5. The molecule has 0 saturated heterocycles. The van der Waals surface area contributed by atoms with Crippen LogP contribution in [-0.2, 0) is 0 Å². The number of allylic oxidation sites excluding steroid dienone is 4. The fourth-order valence-corrected chi connectivity index (χ4v) is 4.19. The monoisotopic (exact) mass is 260 g/mol. The minimum absolute atomic E-state index is 0.877. The van der Waals surface area contributed by atoms with Crippen molar-refractivity contribution in [1.82, 2.24) is 0 Å². The van der Waals surface area contributed by atoms with Crippen molar-refractivity contribution >= 4 is 0 Å². The maximum absolute atomic E-state index is 2.50. The molecule has 0 heteroatoms. The third kappa shape index (κ3) is 3.97. The van der Waals surface area contributed by atoms with Crippen LogP contribution in [-0.4, -0.2) is 0 Å². The molecule has 0 heterocycles. The van der Waals surface area contributed by atoms with Crippen LogP contribution in [0.5, 0.6) is 0 Å². The number of hydrogen-bond donors (Lipinski definition) is 0. The Balaban J connectivity index is 2.14. The molecule has 19 heavy (non-hydrogen) atoms. The van der Waals surface area contributed by atoms with Crippen molar-refractivity contribution < 1.29 is 0 Å². The van der Waals surface area contributed by atoms with Crippen molar-refractivity contribution in [3.8, 4) is 0 Å². The van der Waals surface area contributed by atoms with Gasteiger partial charge in [-0.2, -0.15) is 0 Å². The summed E-state index contributed by atoms with van der Waals surface area (Å²) in [6.07, 6.45) is 21.4. The predicted molar refractivity (Wildman–Crippen MR) is 85.2 cm³/mol. The molecule has 0 spiro atoms. The molecule has 2 aliphatic carbocycles. The topological polar surface area (TPSA) is 0 Å². The first-order valence-corrected chi connectivity index (χ1v) is 8.73. The summed E-state index contributed by atoms with van der Waals surface area (Å²) in [5.74, 6) is 2.74. The van der Waals surface area contributed by atoms with Gasteiger partial charge in [-0.05, 0) is 49.9 Å². The molecule has 1 fully saturated rings. The average molecular weight is 260 g/mol. The Labute approximate surface area is 120 Å². The Morgan fingerprint density at radius 1 is 1.00 bits per heavy atom. The zero-order valence-electron chi connectivity index (χ0n) is 13.0. The van der Waals surface area contributed by atoms with E-state index in [0.29, 0.717) is 0 Å². The normalized spacial score (nSPS) is 37.6. The van der Waals surface area contributed by atoms with E-state index in [-0.39, 0.29) is 0 Å². The molecule has 3 atom stereocenters. The number of rotatable bonds is 2. The molecule has 2 aliphatic rings. The first kappa shape index (κ1) is 14.9. The van der Waals surface area contributed by atoms with Gasteiger partial charge in [-0.1, -0.05) is 69.8 Å². The number of hydrogen-bond acceptors (Lipinski definition) is 0. The maximum Gasteiger partial charge on any atom is -0.0169 e. The highest BCUT2D eigenvalue weighted by Crippen LogP contribution is 2.46. The van der Waals surface area contributed by atoms with Crippen molar-refractivity contribution in [2.75, 3.05) is 0 Å². The van der Waals surface area contributed by atoms with E-state index >= 15 is 0 Å². The second-order valence-electron chi connectivity index (χ2n) is 6.56. The van der Waals surface area contributed by atoms with Gasteiger partial charge in [0.15, 0.2) is 0 Å². The molecule has 108 valence electrons. The van der Waals surface area contributed by atoms with Gasteiger partial charge in [-0.25, -0.2) is 0 Å². The van der Waals surface area contributed by atoms with Crippen LogP contribution in [0.1, 0.15) is 78.1 Å². The summed E-state index contributed by atoms with van der Waals surface area (Å²) in [6.45, 7) is 4.77. The highest BCUT2D eigenvalue weighted by molar-refractivity contribution is 5.23. The SMILES string of the molecule is CCC1CC(CC)C2CCCCCCC/C=C\C=C\12. The van der Waals surface area contributed by atoms with E-state index in [1.165, 1.54) is 64.2 Å². The van der Waals surface area contributed by atoms with Crippen molar-refractivity contribution in [3.63, 3.8) is 0 Å². The fourth-order valence-electron chi connectivity index (χ4n) is 4.19. The molecule has 0 aromatic carbocycles. The summed E-state index contributed by atoms with van der Waals surface area (Å²) in [5, 5.41) is 0. The molecule has 0 aromatic heterocycles. The van der Waals surface area contributed by atoms with Crippen LogP contribution in [0, 0.1) is 17.8 Å². The van der Waals surface area contributed by atoms with Crippen molar-refractivity contribution in [2.45, 2.75) is 78.1 Å². The summed E-state index contributed by atoms with van der Waals surface area (Å²) < 4.78 is 0. The Morgan fingerprint density at radius 3 is 2.58 bits per heavy atom. The minimum Gasteiger partial charge on any atom is -0.0845 e. The van der Waals surface area contributed by atoms with Crippen molar-refractivity contribution in [2.24, 2.45) is 17.8 Å². The second-order valence-corrected chi connectivity index (χ2v) is 6.56. The fraction of sp³-hybridized carbons (Fsp3) is 0.789. The lowest BCUT2D eigenvalue weighted by atomic mass is 9.85. The van der Waals surface area contributed by atoms with Gasteiger partial charge >= 0.3 is 0 Å². The Kier molecular flexibility index (Phi) is 6.20. The Morgan fingerprint density at radius 2 is 1.79 bits per heavy atom. The molecule has 0 aliphatic heterocycles. The van der Waals surface area contributed by atoms with Gasteiger partial charge in [0.25, 0.3) is 0 Å². The van der Waals surface area contributed by atoms with Crippen LogP contribution < -0.4 is 0 Å². The molecule has 0 amide bonds. The summed E-state index contributed by atoms with van der Waals surface area (Å²) in [7, 11) is 0. The molecule has 0 bridgehead atoms. The predicted octanol–water partition coefficient (Wildman–Crippen LogP) is 6.29. The molecular formula is C19H32. The first-order valence-electron chi connectivity index (χ1n) is 8.73. The van der Waals surface area contributed by atoms with E-state index < -0.39 is 0 Å². The van der Waals surface area contributed by atoms with E-state index in [1.54, 1.807) is 5.57 Å². The highest BCUT2D eigenvalue weighted by Gasteiger charge is 2.35. The van der Waals surface area contributed by atoms with Gasteiger partial charge in [-0.3, -0.25) is 0 Å². The lowest BCUT2D eigenvalue weighted by molar-refractivity contribution is 0.367. The van der Waals surface area contributed by atoms with E-state index in [4.69, 9.17) is 0 Å². The van der Waals surface area contributed by atoms with Crippen LogP contribution in [0.2, 0.25) is 0 Å². The van der Waals surface area contributed by atoms with Gasteiger partial charge < -0.3 is 0 Å². The lowest BCUT2D eigenvalue weighted by Crippen LogP contribution is -2.09. The second kappa shape index (κ2) is 7.92. The zero-order valence-corrected chi connectivity index (χ0v) is 13.0. The molecule has 0 nitrogen and oxygen atoms in total. The largest absolute Gasteiger partial charge is 0.0845 e. The summed E-state index contributed by atoms with van der Waals surface area (Å²) >= 11 is 0. The Bertz CT molecular complexity index is 310. The molecule has 1 saturated carbocycles. The van der Waals surface area contributed by atoms with E-state index in [1.807, 2.05) is 0 Å². The molecule has 0 N–H and O–H groups in total. The van der Waals surface area contributed by atoms with Gasteiger partial charge in [-0.15, -0.1) is 0 Å². The number of fused-ring (bicyclic) bond motifs is 1. The lowest BCUT2D eigenvalue weighted by Gasteiger charge is -2.20. The van der Waals surface area contributed by atoms with Crippen LogP contribution in [0.3, 0.4) is 0 Å². The van der Waals surface area contributed by atoms with Gasteiger partial charge in [0.2, 0.25) is 0 Å².